The van der Waals surface area contributed by atoms with Crippen LogP contribution < -0.4 is 9.62 Å². The molecule has 1 atom stereocenters. The van der Waals surface area contributed by atoms with Gasteiger partial charge in [-0.2, -0.15) is 0 Å². The molecule has 11 heteroatoms. The lowest BCUT2D eigenvalue weighted by Gasteiger charge is -2.45. The van der Waals surface area contributed by atoms with Crippen molar-refractivity contribution in [2.24, 2.45) is 5.92 Å². The normalized spacial score (nSPS) is 20.4. The fourth-order valence-electron chi connectivity index (χ4n) is 6.11. The van der Waals surface area contributed by atoms with Gasteiger partial charge in [0, 0.05) is 37.1 Å². The van der Waals surface area contributed by atoms with Crippen molar-refractivity contribution in [2.45, 2.75) is 49.0 Å². The Morgan fingerprint density at radius 2 is 1.79 bits per heavy atom. The zero-order chi connectivity index (χ0) is 26.7. The summed E-state index contributed by atoms with van der Waals surface area (Å²) < 4.78 is 48.2. The van der Waals surface area contributed by atoms with Crippen molar-refractivity contribution in [3.63, 3.8) is 0 Å². The van der Waals surface area contributed by atoms with Gasteiger partial charge in [-0.15, -0.1) is 0 Å². The largest absolute Gasteiger partial charge is 0.363 e. The van der Waals surface area contributed by atoms with Gasteiger partial charge in [0.25, 0.3) is 15.9 Å². The third kappa shape index (κ3) is 3.96. The second kappa shape index (κ2) is 8.93. The van der Waals surface area contributed by atoms with Crippen molar-refractivity contribution in [1.82, 2.24) is 10.1 Å². The number of sulfonamides is 1. The van der Waals surface area contributed by atoms with E-state index in [2.05, 4.69) is 10.5 Å². The summed E-state index contributed by atoms with van der Waals surface area (Å²) in [6, 6.07) is 11.1. The molecule has 3 aromatic rings. The van der Waals surface area contributed by atoms with Crippen LogP contribution in [0.25, 0.3) is 0 Å². The third-order valence-corrected chi connectivity index (χ3v) is 9.88. The summed E-state index contributed by atoms with van der Waals surface area (Å²) in [6.45, 7) is 2.53. The molecule has 0 radical (unpaired) electrons. The monoisotopic (exact) mass is 538 g/mol. The number of benzene rings is 2. The van der Waals surface area contributed by atoms with E-state index in [1.807, 2.05) is 0 Å². The molecule has 1 spiro atoms. The first kappa shape index (κ1) is 24.6. The van der Waals surface area contributed by atoms with Crippen LogP contribution in [0.5, 0.6) is 0 Å². The molecular weight excluding hydrogens is 511 g/mol. The first-order valence-electron chi connectivity index (χ1n) is 12.6. The number of nitrogens with zero attached hydrogens (tertiary/aromatic N) is 3. The molecular formula is C27H27FN4O5S. The highest BCUT2D eigenvalue weighted by molar-refractivity contribution is 7.92. The highest BCUT2D eigenvalue weighted by atomic mass is 32.2. The second-order valence-electron chi connectivity index (χ2n) is 10.3. The van der Waals surface area contributed by atoms with Crippen LogP contribution in [0, 0.1) is 11.7 Å². The van der Waals surface area contributed by atoms with Crippen LogP contribution in [0.15, 0.2) is 64.2 Å². The maximum atomic E-state index is 14.1. The summed E-state index contributed by atoms with van der Waals surface area (Å²) >= 11 is 0. The Bertz CT molecular complexity index is 1490. The number of carbonyl (C=O) groups is 2. The van der Waals surface area contributed by atoms with Crippen LogP contribution in [0.3, 0.4) is 0 Å². The Morgan fingerprint density at radius 3 is 2.39 bits per heavy atom. The molecule has 1 aromatic heterocycles. The zero-order valence-corrected chi connectivity index (χ0v) is 21.6. The quantitative estimate of drug-likeness (QED) is 0.527. The molecule has 2 fully saturated rings. The molecule has 1 saturated heterocycles. The highest BCUT2D eigenvalue weighted by Gasteiger charge is 2.60. The van der Waals surface area contributed by atoms with Crippen LogP contribution >= 0.6 is 0 Å². The summed E-state index contributed by atoms with van der Waals surface area (Å²) in [4.78, 5) is 27.0. The van der Waals surface area contributed by atoms with E-state index in [9.17, 15) is 22.4 Å². The third-order valence-electron chi connectivity index (χ3n) is 8.07. The van der Waals surface area contributed by atoms with Crippen molar-refractivity contribution in [2.75, 3.05) is 22.7 Å². The standard InChI is InChI=1S/C27H27FN4O5S/c1-17(33)31-13-11-27(12-14-31)22-16-19(26(34)29-24-10-15-37-30-24)4-9-23(22)32(25(27)18-2-3-18)38(35,36)21-7-5-20(28)6-8-21/h4-10,15-16,18,25H,2-3,11-14H2,1H3,(H,29,30,34). The van der Waals surface area contributed by atoms with E-state index in [1.54, 1.807) is 23.1 Å². The molecule has 3 aliphatic rings. The minimum Gasteiger partial charge on any atom is -0.363 e. The van der Waals surface area contributed by atoms with E-state index < -0.39 is 21.3 Å². The predicted molar refractivity (Wildman–Crippen MR) is 137 cm³/mol. The number of carbonyl (C=O) groups excluding carboxylic acids is 2. The number of anilines is 2. The Balaban J connectivity index is 1.48. The summed E-state index contributed by atoms with van der Waals surface area (Å²) in [7, 11) is -4.04. The molecule has 198 valence electrons. The van der Waals surface area contributed by atoms with Gasteiger partial charge < -0.3 is 14.7 Å². The van der Waals surface area contributed by atoms with Crippen LogP contribution in [0.4, 0.5) is 15.9 Å². The van der Waals surface area contributed by atoms with Gasteiger partial charge in [0.1, 0.15) is 12.1 Å². The van der Waals surface area contributed by atoms with E-state index in [1.165, 1.54) is 35.7 Å². The van der Waals surface area contributed by atoms with Gasteiger partial charge in [-0.25, -0.2) is 12.8 Å². The maximum Gasteiger partial charge on any atom is 0.264 e. The fourth-order valence-corrected chi connectivity index (χ4v) is 7.91. The van der Waals surface area contributed by atoms with Gasteiger partial charge in [0.2, 0.25) is 5.91 Å². The summed E-state index contributed by atoms with van der Waals surface area (Å²) in [5.41, 5.74) is 1.12. The molecule has 2 aromatic carbocycles. The molecule has 0 bridgehead atoms. The number of rotatable bonds is 5. The Kier molecular flexibility index (Phi) is 5.78. The molecule has 1 unspecified atom stereocenters. The molecule has 1 aliphatic carbocycles. The minimum absolute atomic E-state index is 0.0153. The number of nitrogens with one attached hydrogen (secondary N) is 1. The van der Waals surface area contributed by atoms with Gasteiger partial charge in [-0.3, -0.25) is 13.9 Å². The van der Waals surface area contributed by atoms with Crippen molar-refractivity contribution >= 4 is 33.3 Å². The van der Waals surface area contributed by atoms with Crippen LogP contribution in [0.1, 0.15) is 48.5 Å². The molecule has 2 aliphatic heterocycles. The van der Waals surface area contributed by atoms with Crippen molar-refractivity contribution in [3.05, 3.63) is 71.7 Å². The zero-order valence-electron chi connectivity index (χ0n) is 20.8. The average molecular weight is 539 g/mol. The lowest BCUT2D eigenvalue weighted by Crippen LogP contribution is -2.54. The van der Waals surface area contributed by atoms with Gasteiger partial charge in [-0.05, 0) is 79.6 Å². The van der Waals surface area contributed by atoms with E-state index in [0.29, 0.717) is 37.2 Å². The SMILES string of the molecule is CC(=O)N1CCC2(CC1)c1cc(C(=O)Nc3ccon3)ccc1N(S(=O)(=O)c1ccc(F)cc1)C2C1CC1. The van der Waals surface area contributed by atoms with Crippen LogP contribution in [0.2, 0.25) is 0 Å². The van der Waals surface area contributed by atoms with Crippen molar-refractivity contribution < 1.29 is 26.9 Å². The molecule has 9 nitrogen and oxygen atoms in total. The second-order valence-corrected chi connectivity index (χ2v) is 12.1. The Hall–Kier alpha value is -3.73. The maximum absolute atomic E-state index is 14.1. The molecule has 2 amide bonds. The molecule has 6 rings (SSSR count). The summed E-state index contributed by atoms with van der Waals surface area (Å²) in [5.74, 6) is -0.496. The van der Waals surface area contributed by atoms with Gasteiger partial charge in [0.05, 0.1) is 16.6 Å². The van der Waals surface area contributed by atoms with Gasteiger partial charge in [-0.1, -0.05) is 5.16 Å². The lowest BCUT2D eigenvalue weighted by atomic mass is 9.68. The van der Waals surface area contributed by atoms with E-state index in [0.717, 1.165) is 30.5 Å². The predicted octanol–water partition coefficient (Wildman–Crippen LogP) is 3.93. The van der Waals surface area contributed by atoms with Gasteiger partial charge >= 0.3 is 0 Å². The van der Waals surface area contributed by atoms with E-state index in [4.69, 9.17) is 4.52 Å². The minimum atomic E-state index is -4.04. The average Bonchev–Trinajstić information content (AvgIpc) is 3.53. The molecule has 1 saturated carbocycles. The van der Waals surface area contributed by atoms with Gasteiger partial charge in [0.15, 0.2) is 5.82 Å². The number of fused-ring (bicyclic) bond motifs is 2. The van der Waals surface area contributed by atoms with Crippen LogP contribution in [-0.2, 0) is 20.2 Å². The highest BCUT2D eigenvalue weighted by Crippen LogP contribution is 2.59. The Labute approximate surface area is 219 Å². The smallest absolute Gasteiger partial charge is 0.264 e. The first-order chi connectivity index (χ1) is 18.2. The lowest BCUT2D eigenvalue weighted by molar-refractivity contribution is -0.130. The van der Waals surface area contributed by atoms with Crippen LogP contribution in [-0.4, -0.2) is 49.4 Å². The van der Waals surface area contributed by atoms with Crippen molar-refractivity contribution in [1.29, 1.82) is 0 Å². The first-order valence-corrected chi connectivity index (χ1v) is 14.1. The van der Waals surface area contributed by atoms with E-state index in [-0.39, 0.29) is 34.5 Å². The summed E-state index contributed by atoms with van der Waals surface area (Å²) in [6.07, 6.45) is 4.29. The summed E-state index contributed by atoms with van der Waals surface area (Å²) in [5, 5.41) is 6.43. The number of hydrogen-bond acceptors (Lipinski definition) is 6. The molecule has 3 heterocycles. The molecule has 38 heavy (non-hydrogen) atoms. The van der Waals surface area contributed by atoms with E-state index >= 15 is 0 Å². The number of halogens is 1. The number of piperidine rings is 1. The fraction of sp³-hybridized carbons (Fsp3) is 0.370. The Morgan fingerprint density at radius 1 is 1.08 bits per heavy atom. The number of likely N-dealkylation sites (tertiary alicyclic amines) is 1. The number of aromatic nitrogens is 1. The van der Waals surface area contributed by atoms with Crippen molar-refractivity contribution in [3.8, 4) is 0 Å². The molecule has 1 N–H and O–H groups in total. The number of hydrogen-bond donors (Lipinski definition) is 1. The number of amides is 2. The topological polar surface area (TPSA) is 113 Å².